The van der Waals surface area contributed by atoms with Gasteiger partial charge in [0.25, 0.3) is 0 Å². The molecule has 0 aliphatic heterocycles. The van der Waals surface area contributed by atoms with Crippen molar-refractivity contribution in [2.45, 2.75) is 46.3 Å². The molecule has 0 amide bonds. The second-order valence-corrected chi connectivity index (χ2v) is 4.56. The monoisotopic (exact) mass is 212 g/mol. The molecule has 0 spiro atoms. The number of hydrogen-bond acceptors (Lipinski definition) is 3. The van der Waals surface area contributed by atoms with Crippen LogP contribution in [-0.4, -0.2) is 22.0 Å². The van der Waals surface area contributed by atoms with Gasteiger partial charge in [-0.2, -0.15) is 5.10 Å². The van der Waals surface area contributed by atoms with Gasteiger partial charge >= 0.3 is 0 Å². The first kappa shape index (κ1) is 12.0. The van der Waals surface area contributed by atoms with Crippen molar-refractivity contribution in [1.29, 1.82) is 0 Å². The molecule has 0 aromatic carbocycles. The van der Waals surface area contributed by atoms with E-state index in [0.29, 0.717) is 5.88 Å². The fourth-order valence-electron chi connectivity index (χ4n) is 1.67. The second-order valence-electron chi connectivity index (χ2n) is 4.56. The molecule has 0 fully saturated rings. The summed E-state index contributed by atoms with van der Waals surface area (Å²) in [6.07, 6.45) is 0. The highest BCUT2D eigenvalue weighted by Gasteiger charge is 2.26. The molecule has 0 bridgehead atoms. The molecule has 86 valence electrons. The van der Waals surface area contributed by atoms with Gasteiger partial charge in [-0.1, -0.05) is 20.8 Å². The minimum atomic E-state index is -0.0776. The third kappa shape index (κ3) is 2.15. The largest absolute Gasteiger partial charge is 0.481 e. The number of aryl methyl sites for hydroxylation is 1. The number of methoxy groups -OCH3 is 1. The van der Waals surface area contributed by atoms with Crippen molar-refractivity contribution in [3.8, 4) is 5.88 Å². The van der Waals surface area contributed by atoms with Gasteiger partial charge in [0.2, 0.25) is 5.88 Å². The molecule has 0 unspecified atom stereocenters. The topological polar surface area (TPSA) is 47.3 Å². The van der Waals surface area contributed by atoms with Crippen LogP contribution in [0.25, 0.3) is 0 Å². The van der Waals surface area contributed by atoms with Crippen molar-refractivity contribution >= 4 is 0 Å². The predicted molar refractivity (Wildman–Crippen MR) is 59.1 cm³/mol. The van der Waals surface area contributed by atoms with Crippen LogP contribution in [0.15, 0.2) is 0 Å². The Morgan fingerprint density at radius 1 is 1.40 bits per heavy atom. The normalized spacial score (nSPS) is 11.9. The summed E-state index contributed by atoms with van der Waals surface area (Å²) >= 11 is 0. The van der Waals surface area contributed by atoms with E-state index in [1.54, 1.807) is 11.8 Å². The quantitative estimate of drug-likeness (QED) is 0.829. The molecule has 0 radical (unpaired) electrons. The van der Waals surface area contributed by atoms with Gasteiger partial charge in [-0.15, -0.1) is 0 Å². The lowest BCUT2D eigenvalue weighted by Crippen LogP contribution is -2.15. The van der Waals surface area contributed by atoms with Crippen molar-refractivity contribution in [3.05, 3.63) is 11.3 Å². The fraction of sp³-hybridized carbons (Fsp3) is 0.727. The first-order valence-corrected chi connectivity index (χ1v) is 5.20. The molecule has 1 N–H and O–H groups in total. The van der Waals surface area contributed by atoms with Gasteiger partial charge in [-0.05, 0) is 6.92 Å². The third-order valence-electron chi connectivity index (χ3n) is 2.36. The van der Waals surface area contributed by atoms with Crippen molar-refractivity contribution in [2.75, 3.05) is 7.11 Å². The third-order valence-corrected chi connectivity index (χ3v) is 2.36. The molecule has 15 heavy (non-hydrogen) atoms. The van der Waals surface area contributed by atoms with E-state index >= 15 is 0 Å². The first-order chi connectivity index (χ1) is 6.95. The number of rotatable bonds is 3. The summed E-state index contributed by atoms with van der Waals surface area (Å²) < 4.78 is 7.06. The number of hydrogen-bond donors (Lipinski definition) is 1. The summed E-state index contributed by atoms with van der Waals surface area (Å²) in [6, 6.07) is 0. The Kier molecular flexibility index (Phi) is 3.39. The van der Waals surface area contributed by atoms with Gasteiger partial charge in [0, 0.05) is 12.0 Å². The predicted octanol–water partition coefficient (Wildman–Crippen LogP) is 1.70. The highest BCUT2D eigenvalue weighted by Crippen LogP contribution is 2.31. The van der Waals surface area contributed by atoms with Crippen LogP contribution < -0.4 is 4.74 Å². The highest BCUT2D eigenvalue weighted by molar-refractivity contribution is 5.35. The van der Waals surface area contributed by atoms with E-state index in [1.807, 2.05) is 6.92 Å². The number of ether oxygens (including phenoxy) is 1. The highest BCUT2D eigenvalue weighted by atomic mass is 16.5. The molecule has 0 saturated heterocycles. The van der Waals surface area contributed by atoms with Gasteiger partial charge < -0.3 is 9.84 Å². The standard InChI is InChI=1S/C11H20N2O2/c1-6-13-10(15-5)8(7-14)9(12-13)11(2,3)4/h14H,6-7H2,1-5H3. The lowest BCUT2D eigenvalue weighted by molar-refractivity contribution is 0.268. The second kappa shape index (κ2) is 4.23. The van der Waals surface area contributed by atoms with Crippen LogP contribution in [0, 0.1) is 0 Å². The zero-order valence-electron chi connectivity index (χ0n) is 10.2. The van der Waals surface area contributed by atoms with Crippen molar-refractivity contribution < 1.29 is 9.84 Å². The maximum absolute atomic E-state index is 9.37. The Hall–Kier alpha value is -1.03. The lowest BCUT2D eigenvalue weighted by Gasteiger charge is -2.16. The Morgan fingerprint density at radius 2 is 2.00 bits per heavy atom. The zero-order chi connectivity index (χ0) is 11.6. The Bertz CT molecular complexity index is 337. The SMILES string of the molecule is CCn1nc(C(C)(C)C)c(CO)c1OC. The smallest absolute Gasteiger partial charge is 0.217 e. The van der Waals surface area contributed by atoms with Crippen LogP contribution in [0.5, 0.6) is 5.88 Å². The average Bonchev–Trinajstić information content (AvgIpc) is 2.54. The first-order valence-electron chi connectivity index (χ1n) is 5.20. The van der Waals surface area contributed by atoms with Gasteiger partial charge in [0.05, 0.1) is 25.0 Å². The van der Waals surface area contributed by atoms with E-state index in [-0.39, 0.29) is 12.0 Å². The van der Waals surface area contributed by atoms with Crippen LogP contribution in [0.3, 0.4) is 0 Å². The zero-order valence-corrected chi connectivity index (χ0v) is 10.2. The van der Waals surface area contributed by atoms with E-state index in [2.05, 4.69) is 25.9 Å². The molecule has 0 aliphatic carbocycles. The molecular weight excluding hydrogens is 192 g/mol. The van der Waals surface area contributed by atoms with E-state index < -0.39 is 0 Å². The Morgan fingerprint density at radius 3 is 2.33 bits per heavy atom. The summed E-state index contributed by atoms with van der Waals surface area (Å²) in [4.78, 5) is 0. The molecule has 1 aromatic heterocycles. The molecule has 1 heterocycles. The summed E-state index contributed by atoms with van der Waals surface area (Å²) in [7, 11) is 1.61. The summed E-state index contributed by atoms with van der Waals surface area (Å²) in [5.41, 5.74) is 1.63. The van der Waals surface area contributed by atoms with Gasteiger partial charge in [-0.3, -0.25) is 0 Å². The minimum absolute atomic E-state index is 0.0320. The van der Waals surface area contributed by atoms with E-state index in [4.69, 9.17) is 4.74 Å². The molecule has 4 nitrogen and oxygen atoms in total. The lowest BCUT2D eigenvalue weighted by atomic mass is 9.89. The Labute approximate surface area is 90.9 Å². The molecule has 0 saturated carbocycles. The Balaban J connectivity index is 3.34. The van der Waals surface area contributed by atoms with Gasteiger partial charge in [0.1, 0.15) is 0 Å². The molecular formula is C11H20N2O2. The summed E-state index contributed by atoms with van der Waals surface area (Å²) in [5.74, 6) is 0.671. The van der Waals surface area contributed by atoms with E-state index in [9.17, 15) is 5.11 Å². The molecule has 4 heteroatoms. The minimum Gasteiger partial charge on any atom is -0.481 e. The maximum Gasteiger partial charge on any atom is 0.217 e. The van der Waals surface area contributed by atoms with Gasteiger partial charge in [-0.25, -0.2) is 4.68 Å². The van der Waals surface area contributed by atoms with Gasteiger partial charge in [0.15, 0.2) is 0 Å². The number of nitrogens with zero attached hydrogens (tertiary/aromatic N) is 2. The molecule has 0 atom stereocenters. The number of aliphatic hydroxyl groups excluding tert-OH is 1. The number of aliphatic hydroxyl groups is 1. The van der Waals surface area contributed by atoms with Crippen LogP contribution >= 0.6 is 0 Å². The van der Waals surface area contributed by atoms with E-state index in [0.717, 1.165) is 17.8 Å². The van der Waals surface area contributed by atoms with Crippen molar-refractivity contribution in [1.82, 2.24) is 9.78 Å². The molecule has 1 rings (SSSR count). The summed E-state index contributed by atoms with van der Waals surface area (Å²) in [6.45, 7) is 8.95. The van der Waals surface area contributed by atoms with Crippen molar-refractivity contribution in [2.24, 2.45) is 0 Å². The molecule has 1 aromatic rings. The number of aromatic nitrogens is 2. The van der Waals surface area contributed by atoms with Crippen LogP contribution in [-0.2, 0) is 18.6 Å². The van der Waals surface area contributed by atoms with Crippen LogP contribution in [0.4, 0.5) is 0 Å². The maximum atomic E-state index is 9.37. The molecule has 0 aliphatic rings. The average molecular weight is 212 g/mol. The van der Waals surface area contributed by atoms with Crippen LogP contribution in [0.1, 0.15) is 39.0 Å². The van der Waals surface area contributed by atoms with Crippen LogP contribution in [0.2, 0.25) is 0 Å². The fourth-order valence-corrected chi connectivity index (χ4v) is 1.67. The summed E-state index contributed by atoms with van der Waals surface area (Å²) in [5, 5.41) is 13.8. The van der Waals surface area contributed by atoms with E-state index in [1.165, 1.54) is 0 Å². The van der Waals surface area contributed by atoms with Crippen molar-refractivity contribution in [3.63, 3.8) is 0 Å².